The predicted octanol–water partition coefficient (Wildman–Crippen LogP) is 5.05. The molecule has 0 bridgehead atoms. The van der Waals surface area contributed by atoms with Crippen molar-refractivity contribution in [2.75, 3.05) is 0 Å². The molecule has 1 aromatic heterocycles. The second-order valence-electron chi connectivity index (χ2n) is 8.54. The highest BCUT2D eigenvalue weighted by molar-refractivity contribution is 7.93. The van der Waals surface area contributed by atoms with E-state index in [2.05, 4.69) is 5.32 Å². The van der Waals surface area contributed by atoms with E-state index in [4.69, 9.17) is 11.6 Å². The number of nitrogens with zero attached hydrogens (tertiary/aromatic N) is 1. The minimum atomic E-state index is -4.10. The molecule has 3 aromatic rings. The fraction of sp³-hybridized carbons (Fsp3) is 0.360. The summed E-state index contributed by atoms with van der Waals surface area (Å²) in [5.41, 5.74) is 2.98. The van der Waals surface area contributed by atoms with Gasteiger partial charge in [-0.2, -0.15) is 0 Å². The van der Waals surface area contributed by atoms with Crippen molar-refractivity contribution in [2.24, 2.45) is 7.05 Å². The predicted molar refractivity (Wildman–Crippen MR) is 133 cm³/mol. The lowest BCUT2D eigenvalue weighted by molar-refractivity contribution is -0.140. The number of carbonyl (C=O) groups is 2. The van der Waals surface area contributed by atoms with Crippen molar-refractivity contribution in [1.29, 1.82) is 0 Å². The number of aliphatic carboxylic acids is 1. The molecule has 3 rings (SSSR count). The number of halogens is 1. The van der Waals surface area contributed by atoms with E-state index in [0.29, 0.717) is 16.3 Å². The zero-order valence-electron chi connectivity index (χ0n) is 19.8. The van der Waals surface area contributed by atoms with E-state index in [1.54, 1.807) is 50.6 Å². The van der Waals surface area contributed by atoms with Gasteiger partial charge in [0.25, 0.3) is 5.91 Å². The van der Waals surface area contributed by atoms with Gasteiger partial charge in [0.1, 0.15) is 5.69 Å². The van der Waals surface area contributed by atoms with Crippen molar-refractivity contribution >= 4 is 44.2 Å². The Hall–Kier alpha value is -2.84. The smallest absolute Gasteiger partial charge is 0.325 e. The van der Waals surface area contributed by atoms with Crippen LogP contribution in [0.5, 0.6) is 0 Å². The highest BCUT2D eigenvalue weighted by Crippen LogP contribution is 2.33. The first-order valence-electron chi connectivity index (χ1n) is 11.0. The number of rotatable bonds is 8. The molecule has 0 spiro atoms. The molecule has 0 unspecified atom stereocenters. The Morgan fingerprint density at radius 2 is 1.71 bits per heavy atom. The summed E-state index contributed by atoms with van der Waals surface area (Å²) in [6, 6.07) is 11.1. The molecule has 1 heterocycles. The molecular formula is C25H29ClN2O5S. The van der Waals surface area contributed by atoms with Gasteiger partial charge in [0.2, 0.25) is 0 Å². The standard InChI is InChI=1S/C25H29ClN2O5S/c1-6-25(7-2,24(30)31)34(32,33)18-10-8-17(9-11-18)16(4)27-23(29)22-14-19-20(26)12-15(3)13-21(19)28(22)5/h8-14,16H,6-7H2,1-5H3,(H,27,29)(H,30,31)/t16-/m1/s1. The molecule has 9 heteroatoms. The number of carbonyl (C=O) groups excluding carboxylic acids is 1. The molecule has 0 fully saturated rings. The van der Waals surface area contributed by atoms with Crippen LogP contribution in [0.3, 0.4) is 0 Å². The number of aromatic nitrogens is 1. The van der Waals surface area contributed by atoms with Gasteiger partial charge in [-0.3, -0.25) is 9.59 Å². The maximum atomic E-state index is 13.1. The van der Waals surface area contributed by atoms with Crippen molar-refractivity contribution in [2.45, 2.75) is 56.2 Å². The van der Waals surface area contributed by atoms with Crippen molar-refractivity contribution < 1.29 is 23.1 Å². The number of amides is 1. The van der Waals surface area contributed by atoms with E-state index in [9.17, 15) is 23.1 Å². The molecular weight excluding hydrogens is 476 g/mol. The number of hydrogen-bond acceptors (Lipinski definition) is 4. The second kappa shape index (κ2) is 9.43. The first-order chi connectivity index (χ1) is 15.9. The maximum absolute atomic E-state index is 13.1. The fourth-order valence-corrected chi connectivity index (χ4v) is 6.56. The Morgan fingerprint density at radius 3 is 2.24 bits per heavy atom. The number of fused-ring (bicyclic) bond motifs is 1. The van der Waals surface area contributed by atoms with Crippen LogP contribution in [0.25, 0.3) is 10.9 Å². The molecule has 0 aliphatic carbocycles. The Bertz CT molecular complexity index is 1360. The number of carboxylic acid groups (broad SMARTS) is 1. The molecule has 2 aromatic carbocycles. The zero-order chi connectivity index (χ0) is 25.4. The minimum Gasteiger partial charge on any atom is -0.480 e. The van der Waals surface area contributed by atoms with Crippen LogP contribution in [-0.4, -0.2) is 34.7 Å². The average molecular weight is 505 g/mol. The number of nitrogens with one attached hydrogen (secondary N) is 1. The van der Waals surface area contributed by atoms with Crippen LogP contribution in [0.4, 0.5) is 0 Å². The molecule has 1 atom stereocenters. The van der Waals surface area contributed by atoms with Gasteiger partial charge in [0.15, 0.2) is 14.6 Å². The molecule has 0 saturated heterocycles. The summed E-state index contributed by atoms with van der Waals surface area (Å²) in [6.45, 7) is 6.84. The third kappa shape index (κ3) is 4.20. The monoisotopic (exact) mass is 504 g/mol. The lowest BCUT2D eigenvalue weighted by Gasteiger charge is -2.26. The normalized spacial score (nSPS) is 13.1. The van der Waals surface area contributed by atoms with Gasteiger partial charge >= 0.3 is 5.97 Å². The minimum absolute atomic E-state index is 0.0378. The Balaban J connectivity index is 1.86. The van der Waals surface area contributed by atoms with E-state index in [1.807, 2.05) is 19.1 Å². The van der Waals surface area contributed by atoms with E-state index in [-0.39, 0.29) is 23.6 Å². The van der Waals surface area contributed by atoms with Gasteiger partial charge in [-0.15, -0.1) is 0 Å². The first-order valence-corrected chi connectivity index (χ1v) is 12.9. The molecule has 2 N–H and O–H groups in total. The third-order valence-corrected chi connectivity index (χ3v) is 9.56. The largest absolute Gasteiger partial charge is 0.480 e. The van der Waals surface area contributed by atoms with Gasteiger partial charge in [-0.05, 0) is 68.1 Å². The summed E-state index contributed by atoms with van der Waals surface area (Å²) in [7, 11) is -2.30. The molecule has 0 aliphatic rings. The van der Waals surface area contributed by atoms with Gasteiger partial charge in [-0.25, -0.2) is 8.42 Å². The Labute approximate surface area is 204 Å². The number of aryl methyl sites for hydroxylation is 2. The van der Waals surface area contributed by atoms with E-state index < -0.39 is 26.6 Å². The van der Waals surface area contributed by atoms with Crippen LogP contribution in [0.15, 0.2) is 47.4 Å². The fourth-order valence-electron chi connectivity index (χ4n) is 4.30. The van der Waals surface area contributed by atoms with Crippen LogP contribution < -0.4 is 5.32 Å². The lowest BCUT2D eigenvalue weighted by atomic mass is 10.0. The molecule has 0 radical (unpaired) electrons. The average Bonchev–Trinajstić information content (AvgIpc) is 3.11. The maximum Gasteiger partial charge on any atom is 0.325 e. The Morgan fingerprint density at radius 1 is 1.12 bits per heavy atom. The van der Waals surface area contributed by atoms with Crippen LogP contribution in [0.1, 0.15) is 61.3 Å². The van der Waals surface area contributed by atoms with Crippen molar-refractivity contribution in [3.05, 3.63) is 64.3 Å². The van der Waals surface area contributed by atoms with Gasteiger partial charge in [0.05, 0.1) is 21.5 Å². The second-order valence-corrected chi connectivity index (χ2v) is 11.2. The van der Waals surface area contributed by atoms with Crippen molar-refractivity contribution in [1.82, 2.24) is 9.88 Å². The van der Waals surface area contributed by atoms with Gasteiger partial charge in [-0.1, -0.05) is 37.6 Å². The quantitative estimate of drug-likeness (QED) is 0.446. The van der Waals surface area contributed by atoms with Gasteiger partial charge < -0.3 is 15.0 Å². The molecule has 7 nitrogen and oxygen atoms in total. The molecule has 1 amide bonds. The number of sulfone groups is 1. The molecule has 182 valence electrons. The summed E-state index contributed by atoms with van der Waals surface area (Å²) in [5, 5.41) is 13.9. The molecule has 0 saturated carbocycles. The van der Waals surface area contributed by atoms with Crippen LogP contribution in [0.2, 0.25) is 5.02 Å². The third-order valence-electron chi connectivity index (χ3n) is 6.57. The summed E-state index contributed by atoms with van der Waals surface area (Å²) < 4.78 is 26.1. The van der Waals surface area contributed by atoms with E-state index in [0.717, 1.165) is 16.5 Å². The summed E-state index contributed by atoms with van der Waals surface area (Å²) >= 11 is 6.35. The van der Waals surface area contributed by atoms with Crippen molar-refractivity contribution in [3.63, 3.8) is 0 Å². The van der Waals surface area contributed by atoms with Gasteiger partial charge in [0, 0.05) is 12.4 Å². The van der Waals surface area contributed by atoms with Crippen LogP contribution >= 0.6 is 11.6 Å². The number of carboxylic acids is 1. The first kappa shape index (κ1) is 25.8. The topological polar surface area (TPSA) is 105 Å². The summed E-state index contributed by atoms with van der Waals surface area (Å²) in [5.74, 6) is -1.65. The molecule has 34 heavy (non-hydrogen) atoms. The highest BCUT2D eigenvalue weighted by Gasteiger charge is 2.48. The van der Waals surface area contributed by atoms with E-state index in [1.165, 1.54) is 12.1 Å². The SMILES string of the molecule is CCC(CC)(C(=O)O)S(=O)(=O)c1ccc([C@@H](C)NC(=O)c2cc3c(Cl)cc(C)cc3n2C)cc1. The zero-order valence-corrected chi connectivity index (χ0v) is 21.4. The highest BCUT2D eigenvalue weighted by atomic mass is 35.5. The van der Waals surface area contributed by atoms with E-state index >= 15 is 0 Å². The number of benzene rings is 2. The number of hydrogen-bond donors (Lipinski definition) is 2. The lowest BCUT2D eigenvalue weighted by Crippen LogP contribution is -2.45. The summed E-state index contributed by atoms with van der Waals surface area (Å²) in [4.78, 5) is 24.8. The van der Waals surface area contributed by atoms with Crippen molar-refractivity contribution in [3.8, 4) is 0 Å². The summed E-state index contributed by atoms with van der Waals surface area (Å²) in [6.07, 6.45) is -0.0755. The van der Waals surface area contributed by atoms with Crippen LogP contribution in [-0.2, 0) is 21.7 Å². The van der Waals surface area contributed by atoms with Crippen LogP contribution in [0, 0.1) is 6.92 Å². The molecule has 0 aliphatic heterocycles. The Kier molecular flexibility index (Phi) is 7.15.